The van der Waals surface area contributed by atoms with Crippen molar-refractivity contribution in [1.29, 1.82) is 0 Å². The number of rotatable bonds is 11. The van der Waals surface area contributed by atoms with Gasteiger partial charge in [-0.15, -0.1) is 0 Å². The van der Waals surface area contributed by atoms with Crippen LogP contribution in [0.3, 0.4) is 0 Å². The highest BCUT2D eigenvalue weighted by Crippen LogP contribution is 2.40. The molecule has 3 aromatic rings. The first-order valence-corrected chi connectivity index (χ1v) is 11.7. The first-order valence-electron chi connectivity index (χ1n) is 10.9. The highest BCUT2D eigenvalue weighted by atomic mass is 32.1. The number of nitrogens with zero attached hydrogens (tertiary/aromatic N) is 2. The van der Waals surface area contributed by atoms with Gasteiger partial charge in [0, 0.05) is 19.7 Å². The number of nitrogens with one attached hydrogen (secondary N) is 1. The van der Waals surface area contributed by atoms with Crippen molar-refractivity contribution >= 4 is 40.6 Å². The van der Waals surface area contributed by atoms with Crippen molar-refractivity contribution in [2.75, 3.05) is 45.1 Å². The minimum absolute atomic E-state index is 0.0306. The Balaban J connectivity index is 2.28. The molecule has 0 spiro atoms. The number of nitrogens with two attached hydrogens (primary N) is 2. The van der Waals surface area contributed by atoms with Crippen LogP contribution in [-0.4, -0.2) is 61.7 Å². The molecule has 0 aliphatic carbocycles. The second-order valence-corrected chi connectivity index (χ2v) is 8.40. The number of primary amides is 1. The van der Waals surface area contributed by atoms with Crippen LogP contribution in [0.4, 0.5) is 11.4 Å². The molecule has 3 amide bonds. The number of carbonyl (C=O) groups excluding carboxylic acids is 3. The number of carbonyl (C=O) groups is 3. The summed E-state index contributed by atoms with van der Waals surface area (Å²) in [5.74, 6) is -1.59. The second-order valence-electron chi connectivity index (χ2n) is 7.63. The standard InChI is InChI=1S/C24H27N5O7S/c1-34-11-10-27-23(32)20(13-4-6-14(30)7-5-13)29(16-12-15(35-2)8-9-17(16)36-3)24(33)21-18(25)19(22(26)31)28-37-21/h4-9,12,20,30H,10-11,25H2,1-3H3,(H2,26,31)(H,27,32)/t20-/m1/s1. The van der Waals surface area contributed by atoms with E-state index in [1.54, 1.807) is 12.1 Å². The van der Waals surface area contributed by atoms with Gasteiger partial charge in [-0.3, -0.25) is 19.3 Å². The van der Waals surface area contributed by atoms with E-state index in [9.17, 15) is 19.5 Å². The smallest absolute Gasteiger partial charge is 0.273 e. The van der Waals surface area contributed by atoms with Gasteiger partial charge in [0.15, 0.2) is 5.69 Å². The van der Waals surface area contributed by atoms with Gasteiger partial charge in [0.25, 0.3) is 11.8 Å². The van der Waals surface area contributed by atoms with E-state index in [4.69, 9.17) is 25.7 Å². The third kappa shape index (κ3) is 5.90. The Morgan fingerprint density at radius 3 is 2.38 bits per heavy atom. The lowest BCUT2D eigenvalue weighted by atomic mass is 10.0. The van der Waals surface area contributed by atoms with Gasteiger partial charge >= 0.3 is 0 Å². The predicted molar refractivity (Wildman–Crippen MR) is 137 cm³/mol. The zero-order valence-electron chi connectivity index (χ0n) is 20.4. The van der Waals surface area contributed by atoms with Crippen molar-refractivity contribution in [2.45, 2.75) is 6.04 Å². The summed E-state index contributed by atoms with van der Waals surface area (Å²) in [7, 11) is 4.35. The number of amides is 3. The van der Waals surface area contributed by atoms with Crippen LogP contribution in [-0.2, 0) is 9.53 Å². The molecule has 0 aliphatic heterocycles. The summed E-state index contributed by atoms with van der Waals surface area (Å²) in [4.78, 5) is 40.5. The zero-order chi connectivity index (χ0) is 27.1. The number of benzene rings is 2. The molecule has 1 atom stereocenters. The monoisotopic (exact) mass is 529 g/mol. The maximum Gasteiger partial charge on any atom is 0.273 e. The summed E-state index contributed by atoms with van der Waals surface area (Å²) in [5, 5.41) is 12.6. The topological polar surface area (TPSA) is 179 Å². The maximum absolute atomic E-state index is 14.1. The van der Waals surface area contributed by atoms with Crippen molar-refractivity contribution in [3.05, 3.63) is 58.6 Å². The van der Waals surface area contributed by atoms with Crippen LogP contribution in [0.25, 0.3) is 0 Å². The zero-order valence-corrected chi connectivity index (χ0v) is 21.2. The number of phenolic OH excluding ortho intramolecular Hbond substituents is 1. The highest BCUT2D eigenvalue weighted by molar-refractivity contribution is 7.09. The van der Waals surface area contributed by atoms with Crippen LogP contribution in [0, 0.1) is 0 Å². The van der Waals surface area contributed by atoms with Crippen LogP contribution in [0.2, 0.25) is 0 Å². The summed E-state index contributed by atoms with van der Waals surface area (Å²) in [6, 6.07) is 9.26. The fourth-order valence-electron chi connectivity index (χ4n) is 3.54. The quantitative estimate of drug-likeness (QED) is 0.269. The number of phenols is 1. The molecule has 0 saturated heterocycles. The van der Waals surface area contributed by atoms with E-state index < -0.39 is 23.8 Å². The van der Waals surface area contributed by atoms with Gasteiger partial charge in [0.05, 0.1) is 32.2 Å². The third-order valence-corrected chi connectivity index (χ3v) is 6.19. The van der Waals surface area contributed by atoms with Gasteiger partial charge in [0.1, 0.15) is 28.2 Å². The summed E-state index contributed by atoms with van der Waals surface area (Å²) in [5.41, 5.74) is 11.5. The molecule has 2 aromatic carbocycles. The third-order valence-electron chi connectivity index (χ3n) is 5.34. The van der Waals surface area contributed by atoms with E-state index in [-0.39, 0.29) is 46.6 Å². The van der Waals surface area contributed by atoms with Crippen LogP contribution >= 0.6 is 11.5 Å². The Morgan fingerprint density at radius 1 is 1.11 bits per heavy atom. The fourth-order valence-corrected chi connectivity index (χ4v) is 4.28. The number of hydrogen-bond acceptors (Lipinski definition) is 10. The first kappa shape index (κ1) is 27.2. The summed E-state index contributed by atoms with van der Waals surface area (Å²) < 4.78 is 19.8. The van der Waals surface area contributed by atoms with E-state index in [2.05, 4.69) is 9.69 Å². The number of anilines is 2. The molecule has 0 radical (unpaired) electrons. The molecule has 6 N–H and O–H groups in total. The van der Waals surface area contributed by atoms with Crippen molar-refractivity contribution in [2.24, 2.45) is 5.73 Å². The molecule has 3 rings (SSSR count). The molecule has 0 aliphatic rings. The lowest BCUT2D eigenvalue weighted by Gasteiger charge is -2.32. The highest BCUT2D eigenvalue weighted by Gasteiger charge is 2.37. The van der Waals surface area contributed by atoms with Gasteiger partial charge in [-0.25, -0.2) is 0 Å². The molecule has 0 saturated carbocycles. The Kier molecular flexibility index (Phi) is 8.87. The van der Waals surface area contributed by atoms with Gasteiger partial charge in [-0.2, -0.15) is 4.37 Å². The van der Waals surface area contributed by atoms with E-state index in [1.165, 1.54) is 56.6 Å². The molecule has 37 heavy (non-hydrogen) atoms. The molecule has 0 fully saturated rings. The molecular weight excluding hydrogens is 502 g/mol. The lowest BCUT2D eigenvalue weighted by Crippen LogP contribution is -2.45. The number of ether oxygens (including phenoxy) is 3. The Labute approximate surface area is 216 Å². The van der Waals surface area contributed by atoms with Gasteiger partial charge in [0.2, 0.25) is 5.91 Å². The van der Waals surface area contributed by atoms with E-state index in [0.717, 1.165) is 0 Å². The van der Waals surface area contributed by atoms with Crippen LogP contribution in [0.15, 0.2) is 42.5 Å². The van der Waals surface area contributed by atoms with E-state index in [0.29, 0.717) is 22.8 Å². The Hall–Kier alpha value is -4.36. The first-order chi connectivity index (χ1) is 17.7. The van der Waals surface area contributed by atoms with Crippen molar-refractivity contribution in [3.63, 3.8) is 0 Å². The maximum atomic E-state index is 14.1. The Bertz CT molecular complexity index is 1280. The molecule has 0 unspecified atom stereocenters. The molecular formula is C24H27N5O7S. The van der Waals surface area contributed by atoms with Crippen molar-refractivity contribution in [3.8, 4) is 17.2 Å². The molecule has 13 heteroatoms. The number of aromatic nitrogens is 1. The van der Waals surface area contributed by atoms with Gasteiger partial charge in [-0.05, 0) is 41.4 Å². The van der Waals surface area contributed by atoms with Crippen LogP contribution in [0.5, 0.6) is 17.2 Å². The second kappa shape index (κ2) is 12.1. The molecule has 12 nitrogen and oxygen atoms in total. The summed E-state index contributed by atoms with van der Waals surface area (Å²) in [6.07, 6.45) is 0. The molecule has 196 valence electrons. The average molecular weight is 530 g/mol. The van der Waals surface area contributed by atoms with Crippen LogP contribution < -0.4 is 31.2 Å². The Morgan fingerprint density at radius 2 is 1.81 bits per heavy atom. The van der Waals surface area contributed by atoms with E-state index in [1.807, 2.05) is 0 Å². The average Bonchev–Trinajstić information content (AvgIpc) is 3.28. The molecule has 1 heterocycles. The van der Waals surface area contributed by atoms with Crippen molar-refractivity contribution < 1.29 is 33.7 Å². The SMILES string of the molecule is COCCNC(=O)[C@@H](c1ccc(O)cc1)N(C(=O)c1snc(C(N)=O)c1N)c1cc(OC)ccc1OC. The largest absolute Gasteiger partial charge is 0.508 e. The lowest BCUT2D eigenvalue weighted by molar-refractivity contribution is -0.122. The number of aromatic hydroxyl groups is 1. The van der Waals surface area contributed by atoms with Crippen molar-refractivity contribution in [1.82, 2.24) is 9.69 Å². The van der Waals surface area contributed by atoms with E-state index >= 15 is 0 Å². The number of nitrogen functional groups attached to an aromatic ring is 1. The van der Waals surface area contributed by atoms with Crippen LogP contribution in [0.1, 0.15) is 31.8 Å². The minimum atomic E-state index is -1.27. The minimum Gasteiger partial charge on any atom is -0.508 e. The number of methoxy groups -OCH3 is 3. The molecule has 1 aromatic heterocycles. The normalized spacial score (nSPS) is 11.4. The van der Waals surface area contributed by atoms with Gasteiger partial charge < -0.3 is 36.1 Å². The fraction of sp³-hybridized carbons (Fsp3) is 0.250. The summed E-state index contributed by atoms with van der Waals surface area (Å²) >= 11 is 0.676. The number of hydrogen-bond donors (Lipinski definition) is 4. The summed E-state index contributed by atoms with van der Waals surface area (Å²) in [6.45, 7) is 0.393. The van der Waals surface area contributed by atoms with Gasteiger partial charge in [-0.1, -0.05) is 12.1 Å². The molecule has 0 bridgehead atoms. The predicted octanol–water partition coefficient (Wildman–Crippen LogP) is 1.70.